The Kier molecular flexibility index (Phi) is 7.28. The number of amides is 1. The molecule has 1 heterocycles. The maximum absolute atomic E-state index is 12.1. The highest BCUT2D eigenvalue weighted by Gasteiger charge is 2.28. The molecule has 2 atom stereocenters. The molecule has 1 saturated heterocycles. The van der Waals surface area contributed by atoms with Gasteiger partial charge in [0.25, 0.3) is 0 Å². The van der Waals surface area contributed by atoms with Gasteiger partial charge in [-0.2, -0.15) is 0 Å². The van der Waals surface area contributed by atoms with Crippen LogP contribution in [0.3, 0.4) is 0 Å². The first-order valence-corrected chi connectivity index (χ1v) is 7.44. The van der Waals surface area contributed by atoms with Crippen LogP contribution >= 0.6 is 0 Å². The summed E-state index contributed by atoms with van der Waals surface area (Å²) in [6, 6.07) is 0.327. The molecule has 106 valence electrons. The Labute approximate surface area is 111 Å². The average Bonchev–Trinajstić information content (AvgIpc) is 2.62. The summed E-state index contributed by atoms with van der Waals surface area (Å²) in [6.45, 7) is 6.60. The van der Waals surface area contributed by atoms with Crippen molar-refractivity contribution in [3.63, 3.8) is 0 Å². The van der Waals surface area contributed by atoms with Crippen LogP contribution in [0.1, 0.15) is 52.4 Å². The first-order chi connectivity index (χ1) is 8.70. The van der Waals surface area contributed by atoms with Crippen molar-refractivity contribution in [1.29, 1.82) is 0 Å². The predicted octanol–water partition coefficient (Wildman–Crippen LogP) is 1.49. The molecule has 4 heteroatoms. The highest BCUT2D eigenvalue weighted by molar-refractivity contribution is 5.81. The Morgan fingerprint density at radius 1 is 1.44 bits per heavy atom. The fraction of sp³-hybridized carbons (Fsp3) is 0.929. The number of hydrogen-bond acceptors (Lipinski definition) is 3. The van der Waals surface area contributed by atoms with E-state index in [9.17, 15) is 4.79 Å². The molecule has 0 radical (unpaired) electrons. The lowest BCUT2D eigenvalue weighted by molar-refractivity contribution is -0.126. The number of rotatable bonds is 6. The van der Waals surface area contributed by atoms with E-state index in [1.165, 1.54) is 19.3 Å². The first-order valence-electron chi connectivity index (χ1n) is 7.44. The predicted molar refractivity (Wildman–Crippen MR) is 75.4 cm³/mol. The van der Waals surface area contributed by atoms with Crippen LogP contribution in [0.5, 0.6) is 0 Å². The Bertz CT molecular complexity index is 245. The maximum Gasteiger partial charge on any atom is 0.237 e. The van der Waals surface area contributed by atoms with Gasteiger partial charge in [0, 0.05) is 19.1 Å². The van der Waals surface area contributed by atoms with Crippen molar-refractivity contribution in [2.24, 2.45) is 5.73 Å². The number of hydrogen-bond donors (Lipinski definition) is 2. The minimum atomic E-state index is -0.0477. The smallest absolute Gasteiger partial charge is 0.237 e. The van der Waals surface area contributed by atoms with Crippen LogP contribution < -0.4 is 11.1 Å². The second-order valence-electron chi connectivity index (χ2n) is 5.30. The summed E-state index contributed by atoms with van der Waals surface area (Å²) in [5.41, 5.74) is 5.85. The largest absolute Gasteiger partial charge is 0.355 e. The van der Waals surface area contributed by atoms with Crippen LogP contribution in [0.2, 0.25) is 0 Å². The highest BCUT2D eigenvalue weighted by Crippen LogP contribution is 2.18. The molecule has 4 nitrogen and oxygen atoms in total. The molecular formula is C14H29N3O. The average molecular weight is 255 g/mol. The van der Waals surface area contributed by atoms with Crippen molar-refractivity contribution >= 4 is 5.91 Å². The van der Waals surface area contributed by atoms with Gasteiger partial charge in [-0.3, -0.25) is 9.69 Å². The SMILES string of the molecule is CCCCNC(=O)C(C)N1CCCCCC1CN. The van der Waals surface area contributed by atoms with Crippen molar-refractivity contribution in [3.8, 4) is 0 Å². The van der Waals surface area contributed by atoms with Gasteiger partial charge in [-0.05, 0) is 32.7 Å². The maximum atomic E-state index is 12.1. The van der Waals surface area contributed by atoms with E-state index in [2.05, 4.69) is 17.1 Å². The van der Waals surface area contributed by atoms with Gasteiger partial charge in [-0.1, -0.05) is 26.2 Å². The lowest BCUT2D eigenvalue weighted by Gasteiger charge is -2.33. The third-order valence-corrected chi connectivity index (χ3v) is 3.90. The van der Waals surface area contributed by atoms with Gasteiger partial charge in [0.1, 0.15) is 0 Å². The van der Waals surface area contributed by atoms with Gasteiger partial charge in [-0.25, -0.2) is 0 Å². The van der Waals surface area contributed by atoms with Gasteiger partial charge < -0.3 is 11.1 Å². The summed E-state index contributed by atoms with van der Waals surface area (Å²) >= 11 is 0. The van der Waals surface area contributed by atoms with Gasteiger partial charge in [-0.15, -0.1) is 0 Å². The Morgan fingerprint density at radius 2 is 2.22 bits per heavy atom. The second kappa shape index (κ2) is 8.48. The van der Waals surface area contributed by atoms with Crippen molar-refractivity contribution in [3.05, 3.63) is 0 Å². The zero-order chi connectivity index (χ0) is 13.4. The number of carbonyl (C=O) groups is 1. The molecule has 0 saturated carbocycles. The summed E-state index contributed by atoms with van der Waals surface area (Å²) < 4.78 is 0. The molecule has 0 bridgehead atoms. The number of carbonyl (C=O) groups excluding carboxylic acids is 1. The van der Waals surface area contributed by atoms with E-state index in [4.69, 9.17) is 5.73 Å². The van der Waals surface area contributed by atoms with Crippen molar-refractivity contribution in [2.75, 3.05) is 19.6 Å². The van der Waals surface area contributed by atoms with Crippen molar-refractivity contribution in [1.82, 2.24) is 10.2 Å². The Balaban J connectivity index is 2.50. The normalized spacial score (nSPS) is 23.4. The van der Waals surface area contributed by atoms with Gasteiger partial charge in [0.15, 0.2) is 0 Å². The molecule has 2 unspecified atom stereocenters. The number of nitrogens with one attached hydrogen (secondary N) is 1. The summed E-state index contributed by atoms with van der Waals surface area (Å²) in [4.78, 5) is 14.4. The van der Waals surface area contributed by atoms with E-state index in [0.717, 1.165) is 32.4 Å². The van der Waals surface area contributed by atoms with E-state index >= 15 is 0 Å². The second-order valence-corrected chi connectivity index (χ2v) is 5.30. The monoisotopic (exact) mass is 255 g/mol. The third kappa shape index (κ3) is 4.58. The standard InChI is InChI=1S/C14H29N3O/c1-3-4-9-16-14(18)12(2)17-10-7-5-6-8-13(17)11-15/h12-13H,3-11,15H2,1-2H3,(H,16,18). The van der Waals surface area contributed by atoms with E-state index in [1.54, 1.807) is 0 Å². The quantitative estimate of drug-likeness (QED) is 0.707. The molecular weight excluding hydrogens is 226 g/mol. The van der Waals surface area contributed by atoms with Crippen molar-refractivity contribution in [2.45, 2.75) is 64.5 Å². The summed E-state index contributed by atoms with van der Waals surface area (Å²) in [7, 11) is 0. The zero-order valence-corrected chi connectivity index (χ0v) is 12.0. The van der Waals surface area contributed by atoms with Gasteiger partial charge >= 0.3 is 0 Å². The molecule has 18 heavy (non-hydrogen) atoms. The molecule has 1 aliphatic rings. The lowest BCUT2D eigenvalue weighted by atomic mass is 10.1. The van der Waals surface area contributed by atoms with Crippen molar-refractivity contribution < 1.29 is 4.79 Å². The van der Waals surface area contributed by atoms with E-state index < -0.39 is 0 Å². The van der Waals surface area contributed by atoms with Crippen LogP contribution in [0.4, 0.5) is 0 Å². The number of nitrogens with zero attached hydrogens (tertiary/aromatic N) is 1. The number of unbranched alkanes of at least 4 members (excludes halogenated alkanes) is 1. The molecule has 0 aromatic carbocycles. The minimum Gasteiger partial charge on any atom is -0.355 e. The summed E-state index contributed by atoms with van der Waals surface area (Å²) in [5.74, 6) is 0.156. The first kappa shape index (κ1) is 15.4. The van der Waals surface area contributed by atoms with Crippen LogP contribution in [-0.4, -0.2) is 42.5 Å². The Hall–Kier alpha value is -0.610. The zero-order valence-electron chi connectivity index (χ0n) is 12.0. The molecule has 3 N–H and O–H groups in total. The third-order valence-electron chi connectivity index (χ3n) is 3.90. The van der Waals surface area contributed by atoms with E-state index in [1.807, 2.05) is 6.92 Å². The molecule has 1 aliphatic heterocycles. The molecule has 1 rings (SSSR count). The van der Waals surface area contributed by atoms with E-state index in [0.29, 0.717) is 12.6 Å². The minimum absolute atomic E-state index is 0.0477. The highest BCUT2D eigenvalue weighted by atomic mass is 16.2. The van der Waals surface area contributed by atoms with Gasteiger partial charge in [0.2, 0.25) is 5.91 Å². The molecule has 0 spiro atoms. The number of likely N-dealkylation sites (tertiary alicyclic amines) is 1. The van der Waals surface area contributed by atoms with Crippen LogP contribution in [0, 0.1) is 0 Å². The van der Waals surface area contributed by atoms with E-state index in [-0.39, 0.29) is 11.9 Å². The van der Waals surface area contributed by atoms with Gasteiger partial charge in [0.05, 0.1) is 6.04 Å². The van der Waals surface area contributed by atoms with Crippen LogP contribution in [-0.2, 0) is 4.79 Å². The summed E-state index contributed by atoms with van der Waals surface area (Å²) in [5, 5.41) is 3.02. The molecule has 0 aliphatic carbocycles. The molecule has 1 amide bonds. The molecule has 1 fully saturated rings. The topological polar surface area (TPSA) is 58.4 Å². The summed E-state index contributed by atoms with van der Waals surface area (Å²) in [6.07, 6.45) is 6.98. The molecule has 0 aromatic heterocycles. The Morgan fingerprint density at radius 3 is 2.89 bits per heavy atom. The molecule has 0 aromatic rings. The van der Waals surface area contributed by atoms with Crippen LogP contribution in [0.15, 0.2) is 0 Å². The fourth-order valence-electron chi connectivity index (χ4n) is 2.65. The number of nitrogens with two attached hydrogens (primary N) is 1. The van der Waals surface area contributed by atoms with Crippen LogP contribution in [0.25, 0.3) is 0 Å². The lowest BCUT2D eigenvalue weighted by Crippen LogP contribution is -2.51. The fourth-order valence-corrected chi connectivity index (χ4v) is 2.65.